The molecule has 1 amide bonds. The maximum atomic E-state index is 12.3. The summed E-state index contributed by atoms with van der Waals surface area (Å²) in [6.07, 6.45) is 0. The summed E-state index contributed by atoms with van der Waals surface area (Å²) in [6, 6.07) is 19.0. The van der Waals surface area contributed by atoms with Gasteiger partial charge in [-0.2, -0.15) is 0 Å². The molecule has 126 valence electrons. The second-order valence-corrected chi connectivity index (χ2v) is 6.40. The highest BCUT2D eigenvalue weighted by molar-refractivity contribution is 7.99. The normalized spacial score (nSPS) is 10.4. The van der Waals surface area contributed by atoms with Gasteiger partial charge in [-0.25, -0.2) is 4.98 Å². The number of aromatic amines is 1. The van der Waals surface area contributed by atoms with Crippen molar-refractivity contribution in [2.75, 3.05) is 11.1 Å². The number of nitrogens with zero attached hydrogens (tertiary/aromatic N) is 1. The number of aryl methyl sites for hydroxylation is 1. The van der Waals surface area contributed by atoms with Crippen molar-refractivity contribution in [1.82, 2.24) is 9.97 Å². The first-order valence-electron chi connectivity index (χ1n) is 7.77. The average Bonchev–Trinajstić information content (AvgIpc) is 2.60. The molecule has 0 unspecified atom stereocenters. The van der Waals surface area contributed by atoms with E-state index in [1.165, 1.54) is 17.8 Å². The molecular weight excluding hydrogens is 334 g/mol. The predicted octanol–water partition coefficient (Wildman–Crippen LogP) is 3.48. The number of hydrogen-bond acceptors (Lipinski definition) is 4. The van der Waals surface area contributed by atoms with Crippen molar-refractivity contribution in [2.24, 2.45) is 0 Å². The molecule has 0 aliphatic heterocycles. The maximum absolute atomic E-state index is 12.3. The number of hydrogen-bond donors (Lipinski definition) is 2. The van der Waals surface area contributed by atoms with E-state index in [-0.39, 0.29) is 17.2 Å². The third kappa shape index (κ3) is 4.58. The minimum atomic E-state index is -0.218. The Labute approximate surface area is 149 Å². The van der Waals surface area contributed by atoms with E-state index in [9.17, 15) is 9.59 Å². The molecule has 0 atom stereocenters. The number of rotatable bonds is 5. The molecule has 3 aromatic rings. The Kier molecular flexibility index (Phi) is 5.30. The molecule has 0 radical (unpaired) electrons. The summed E-state index contributed by atoms with van der Waals surface area (Å²) in [7, 11) is 0. The lowest BCUT2D eigenvalue weighted by molar-refractivity contribution is -0.113. The SMILES string of the molecule is Cc1cc(=O)[nH]c(SCC(=O)Nc2ccccc2-c2ccccc2)n1. The standard InChI is InChI=1S/C19H17N3O2S/c1-13-11-17(23)22-19(20-13)25-12-18(24)21-16-10-6-5-9-15(16)14-7-3-2-4-8-14/h2-11H,12H2,1H3,(H,21,24)(H,20,22,23). The van der Waals surface area contributed by atoms with Gasteiger partial charge in [-0.3, -0.25) is 9.59 Å². The van der Waals surface area contributed by atoms with Crippen LogP contribution in [0.15, 0.2) is 70.6 Å². The molecule has 0 aliphatic rings. The molecule has 1 heterocycles. The number of aromatic nitrogens is 2. The highest BCUT2D eigenvalue weighted by atomic mass is 32.2. The molecule has 0 saturated heterocycles. The largest absolute Gasteiger partial charge is 0.325 e. The van der Waals surface area contributed by atoms with Gasteiger partial charge in [0.05, 0.1) is 5.75 Å². The molecule has 2 aromatic carbocycles. The van der Waals surface area contributed by atoms with E-state index in [0.717, 1.165) is 16.8 Å². The zero-order chi connectivity index (χ0) is 17.6. The molecule has 0 aliphatic carbocycles. The lowest BCUT2D eigenvalue weighted by atomic mass is 10.0. The Bertz CT molecular complexity index is 939. The van der Waals surface area contributed by atoms with Gasteiger partial charge in [-0.1, -0.05) is 60.3 Å². The van der Waals surface area contributed by atoms with Crippen LogP contribution >= 0.6 is 11.8 Å². The topological polar surface area (TPSA) is 74.8 Å². The molecule has 0 fully saturated rings. The number of nitrogens with one attached hydrogen (secondary N) is 2. The lowest BCUT2D eigenvalue weighted by Gasteiger charge is -2.11. The molecule has 0 spiro atoms. The zero-order valence-electron chi connectivity index (χ0n) is 13.7. The van der Waals surface area contributed by atoms with Crippen LogP contribution < -0.4 is 10.9 Å². The van der Waals surface area contributed by atoms with Crippen LogP contribution in [0.5, 0.6) is 0 Å². The molecule has 25 heavy (non-hydrogen) atoms. The Morgan fingerprint density at radius 2 is 1.84 bits per heavy atom. The fourth-order valence-electron chi connectivity index (χ4n) is 2.40. The summed E-state index contributed by atoms with van der Waals surface area (Å²) in [5.74, 6) is 0.00716. The van der Waals surface area contributed by atoms with Crippen LogP contribution in [0.3, 0.4) is 0 Å². The fourth-order valence-corrected chi connectivity index (χ4v) is 3.12. The molecule has 2 N–H and O–H groups in total. The number of benzene rings is 2. The van der Waals surface area contributed by atoms with E-state index < -0.39 is 0 Å². The van der Waals surface area contributed by atoms with Crippen LogP contribution in [0.2, 0.25) is 0 Å². The van der Waals surface area contributed by atoms with Gasteiger partial charge >= 0.3 is 0 Å². The van der Waals surface area contributed by atoms with Crippen LogP contribution in [0.4, 0.5) is 5.69 Å². The van der Waals surface area contributed by atoms with Crippen LogP contribution in [0.1, 0.15) is 5.69 Å². The van der Waals surface area contributed by atoms with Crippen LogP contribution in [0.25, 0.3) is 11.1 Å². The number of H-pyrrole nitrogens is 1. The first-order chi connectivity index (χ1) is 12.1. The Morgan fingerprint density at radius 3 is 2.60 bits per heavy atom. The van der Waals surface area contributed by atoms with E-state index in [0.29, 0.717) is 10.9 Å². The van der Waals surface area contributed by atoms with E-state index in [1.807, 2.05) is 54.6 Å². The van der Waals surface area contributed by atoms with Gasteiger partial charge in [0.2, 0.25) is 5.91 Å². The van der Waals surface area contributed by atoms with Crippen molar-refractivity contribution in [3.8, 4) is 11.1 Å². The van der Waals surface area contributed by atoms with E-state index >= 15 is 0 Å². The number of anilines is 1. The Balaban J connectivity index is 1.70. The molecule has 5 nitrogen and oxygen atoms in total. The van der Waals surface area contributed by atoms with Crippen molar-refractivity contribution in [2.45, 2.75) is 12.1 Å². The van der Waals surface area contributed by atoms with Crippen LogP contribution in [-0.2, 0) is 4.79 Å². The van der Waals surface area contributed by atoms with Gasteiger partial charge in [0.15, 0.2) is 5.16 Å². The molecule has 3 rings (SSSR count). The van der Waals surface area contributed by atoms with Crippen molar-refractivity contribution in [3.63, 3.8) is 0 Å². The number of amides is 1. The van der Waals surface area contributed by atoms with Gasteiger partial charge in [0.1, 0.15) is 0 Å². The molecule has 0 saturated carbocycles. The Morgan fingerprint density at radius 1 is 1.12 bits per heavy atom. The summed E-state index contributed by atoms with van der Waals surface area (Å²) >= 11 is 1.20. The average molecular weight is 351 g/mol. The third-order valence-corrected chi connectivity index (χ3v) is 4.35. The van der Waals surface area contributed by atoms with Gasteiger partial charge in [0.25, 0.3) is 5.56 Å². The lowest BCUT2D eigenvalue weighted by Crippen LogP contribution is -2.16. The van der Waals surface area contributed by atoms with Gasteiger partial charge in [-0.05, 0) is 18.6 Å². The fraction of sp³-hybridized carbons (Fsp3) is 0.105. The first kappa shape index (κ1) is 17.0. The molecular formula is C19H17N3O2S. The number of para-hydroxylation sites is 1. The summed E-state index contributed by atoms with van der Waals surface area (Å²) in [5, 5.41) is 3.37. The first-order valence-corrected chi connectivity index (χ1v) is 8.75. The van der Waals surface area contributed by atoms with Crippen molar-refractivity contribution in [3.05, 3.63) is 76.7 Å². The number of thioether (sulfide) groups is 1. The maximum Gasteiger partial charge on any atom is 0.251 e. The molecule has 0 bridgehead atoms. The van der Waals surface area contributed by atoms with Crippen LogP contribution in [0, 0.1) is 6.92 Å². The number of carbonyl (C=O) groups excluding carboxylic acids is 1. The second kappa shape index (κ2) is 7.81. The third-order valence-electron chi connectivity index (χ3n) is 3.47. The quantitative estimate of drug-likeness (QED) is 0.545. The molecule has 6 heteroatoms. The second-order valence-electron chi connectivity index (χ2n) is 5.44. The zero-order valence-corrected chi connectivity index (χ0v) is 14.5. The minimum absolute atomic E-state index is 0.155. The van der Waals surface area contributed by atoms with Gasteiger partial charge in [-0.15, -0.1) is 0 Å². The predicted molar refractivity (Wildman–Crippen MR) is 101 cm³/mol. The highest BCUT2D eigenvalue weighted by Crippen LogP contribution is 2.27. The monoisotopic (exact) mass is 351 g/mol. The number of carbonyl (C=O) groups is 1. The minimum Gasteiger partial charge on any atom is -0.325 e. The summed E-state index contributed by atoms with van der Waals surface area (Å²) < 4.78 is 0. The van der Waals surface area contributed by atoms with E-state index in [2.05, 4.69) is 15.3 Å². The van der Waals surface area contributed by atoms with E-state index in [1.54, 1.807) is 6.92 Å². The van der Waals surface area contributed by atoms with Crippen molar-refractivity contribution >= 4 is 23.4 Å². The van der Waals surface area contributed by atoms with Crippen LogP contribution in [-0.4, -0.2) is 21.6 Å². The summed E-state index contributed by atoms with van der Waals surface area (Å²) in [4.78, 5) is 30.6. The van der Waals surface area contributed by atoms with Crippen molar-refractivity contribution < 1.29 is 4.79 Å². The van der Waals surface area contributed by atoms with Gasteiger partial charge < -0.3 is 10.3 Å². The smallest absolute Gasteiger partial charge is 0.251 e. The Hall–Kier alpha value is -2.86. The van der Waals surface area contributed by atoms with E-state index in [4.69, 9.17) is 0 Å². The van der Waals surface area contributed by atoms with Gasteiger partial charge in [0, 0.05) is 23.0 Å². The molecule has 1 aromatic heterocycles. The summed E-state index contributed by atoms with van der Waals surface area (Å²) in [5.41, 5.74) is 3.16. The highest BCUT2D eigenvalue weighted by Gasteiger charge is 2.09. The summed E-state index contributed by atoms with van der Waals surface area (Å²) in [6.45, 7) is 1.75. The van der Waals surface area contributed by atoms with Crippen molar-refractivity contribution in [1.29, 1.82) is 0 Å².